The standard InChI is InChI=1S/C33H19N3O.CH3/c1-2-8-20(9-3-1)31-34-32-23-11-6-10-21(18-23)24-12-4-5-13-25(24)22-16-17-28-27(19-22)30-26(33(35-31)36-32)14-7-15-29(30)37-28;/h1-19H;1H3/q;-1. The van der Waals surface area contributed by atoms with E-state index in [9.17, 15) is 0 Å². The van der Waals surface area contributed by atoms with Crippen molar-refractivity contribution in [3.8, 4) is 11.4 Å². The van der Waals surface area contributed by atoms with E-state index < -0.39 is 0 Å². The van der Waals surface area contributed by atoms with Gasteiger partial charge in [-0.2, -0.15) is 0 Å². The Balaban J connectivity index is 0.00000242. The smallest absolute Gasteiger partial charge is 0.164 e. The van der Waals surface area contributed by atoms with Crippen LogP contribution in [0.1, 0.15) is 0 Å². The van der Waals surface area contributed by atoms with Crippen molar-refractivity contribution in [2.75, 3.05) is 0 Å². The third-order valence-electron chi connectivity index (χ3n) is 7.07. The van der Waals surface area contributed by atoms with Gasteiger partial charge in [0.2, 0.25) is 0 Å². The molecule has 0 saturated heterocycles. The van der Waals surface area contributed by atoms with Crippen LogP contribution in [0.2, 0.25) is 0 Å². The first-order valence-corrected chi connectivity index (χ1v) is 12.3. The Morgan fingerprint density at radius 1 is 0.447 bits per heavy atom. The van der Waals surface area contributed by atoms with Crippen molar-refractivity contribution in [1.82, 2.24) is 15.0 Å². The van der Waals surface area contributed by atoms with Gasteiger partial charge in [0.05, 0.1) is 0 Å². The Labute approximate surface area is 218 Å². The number of rotatable bonds is 1. The van der Waals surface area contributed by atoms with Crippen LogP contribution in [0.5, 0.6) is 0 Å². The van der Waals surface area contributed by atoms with Gasteiger partial charge in [0, 0.05) is 27.1 Å². The molecule has 6 bridgehead atoms. The summed E-state index contributed by atoms with van der Waals surface area (Å²) in [5.74, 6) is 0.645. The SMILES string of the molecule is [CH3-].c1ccc(-c2nc3nc(n2)c2cccc4oc5ccc(cc5c42)c2ccccc2c2cccc3c2)cc1. The maximum Gasteiger partial charge on any atom is 0.164 e. The molecule has 0 aliphatic carbocycles. The molecule has 0 saturated carbocycles. The normalized spacial score (nSPS) is 11.5. The molecule has 0 spiro atoms. The minimum Gasteiger partial charge on any atom is -0.456 e. The number of fused-ring (bicyclic) bond motifs is 10. The lowest BCUT2D eigenvalue weighted by atomic mass is 10.0. The van der Waals surface area contributed by atoms with Crippen LogP contribution < -0.4 is 0 Å². The molecular weight excluding hydrogens is 466 g/mol. The molecule has 3 heterocycles. The fourth-order valence-electron chi connectivity index (χ4n) is 5.33. The average molecular weight is 489 g/mol. The van der Waals surface area contributed by atoms with Crippen molar-refractivity contribution in [3.05, 3.63) is 123 Å². The van der Waals surface area contributed by atoms with Gasteiger partial charge in [-0.15, -0.1) is 0 Å². The summed E-state index contributed by atoms with van der Waals surface area (Å²) >= 11 is 0. The molecule has 8 rings (SSSR count). The first kappa shape index (κ1) is 22.1. The van der Waals surface area contributed by atoms with Gasteiger partial charge in [-0.1, -0.05) is 91.0 Å². The van der Waals surface area contributed by atoms with Crippen molar-refractivity contribution in [2.24, 2.45) is 0 Å². The topological polar surface area (TPSA) is 51.8 Å². The molecule has 8 aromatic rings. The minimum absolute atomic E-state index is 0. The van der Waals surface area contributed by atoms with Gasteiger partial charge in [0.25, 0.3) is 0 Å². The highest BCUT2D eigenvalue weighted by atomic mass is 16.3. The van der Waals surface area contributed by atoms with E-state index in [2.05, 4.69) is 72.8 Å². The number of hydrogen-bond donors (Lipinski definition) is 0. The van der Waals surface area contributed by atoms with Crippen LogP contribution in [-0.4, -0.2) is 15.0 Å². The number of nitrogens with zero attached hydrogens (tertiary/aromatic N) is 3. The van der Waals surface area contributed by atoms with Crippen LogP contribution in [0.15, 0.2) is 120 Å². The van der Waals surface area contributed by atoms with Gasteiger partial charge in [-0.25, -0.2) is 15.0 Å². The third-order valence-corrected chi connectivity index (χ3v) is 7.07. The van der Waals surface area contributed by atoms with E-state index in [1.165, 1.54) is 5.39 Å². The minimum atomic E-state index is 0. The molecule has 38 heavy (non-hydrogen) atoms. The third kappa shape index (κ3) is 3.35. The lowest BCUT2D eigenvalue weighted by Gasteiger charge is -2.03. The lowest BCUT2D eigenvalue weighted by molar-refractivity contribution is 0.669. The Bertz CT molecular complexity index is 2200. The predicted molar refractivity (Wildman–Crippen MR) is 158 cm³/mol. The molecule has 0 N–H and O–H groups in total. The van der Waals surface area contributed by atoms with Gasteiger partial charge >= 0.3 is 0 Å². The number of furan rings is 1. The molecule has 0 aliphatic rings. The summed E-state index contributed by atoms with van der Waals surface area (Å²) in [5.41, 5.74) is 3.88. The molecule has 0 radical (unpaired) electrons. The van der Waals surface area contributed by atoms with E-state index in [1.54, 1.807) is 0 Å². The summed E-state index contributed by atoms with van der Waals surface area (Å²) in [6.07, 6.45) is 0. The van der Waals surface area contributed by atoms with Crippen LogP contribution in [-0.2, 0) is 0 Å². The van der Waals surface area contributed by atoms with Gasteiger partial charge in [0.15, 0.2) is 17.1 Å². The summed E-state index contributed by atoms with van der Waals surface area (Å²) in [7, 11) is 0. The van der Waals surface area contributed by atoms with E-state index in [0.717, 1.165) is 54.4 Å². The maximum atomic E-state index is 6.29. The number of aromatic nitrogens is 3. The second-order valence-corrected chi connectivity index (χ2v) is 9.29. The molecule has 0 aliphatic heterocycles. The molecule has 0 unspecified atom stereocenters. The van der Waals surface area contributed by atoms with E-state index in [-0.39, 0.29) is 7.43 Å². The van der Waals surface area contributed by atoms with Crippen molar-refractivity contribution in [1.29, 1.82) is 0 Å². The zero-order valence-corrected chi connectivity index (χ0v) is 20.7. The number of hydrogen-bond acceptors (Lipinski definition) is 4. The monoisotopic (exact) mass is 488 g/mol. The fraction of sp³-hybridized carbons (Fsp3) is 0. The molecule has 0 atom stereocenters. The highest BCUT2D eigenvalue weighted by Crippen LogP contribution is 2.36. The van der Waals surface area contributed by atoms with E-state index in [0.29, 0.717) is 17.1 Å². The molecular formula is C34H22N3O-. The van der Waals surface area contributed by atoms with Crippen molar-refractivity contribution in [2.45, 2.75) is 0 Å². The van der Waals surface area contributed by atoms with Crippen LogP contribution >= 0.6 is 0 Å². The van der Waals surface area contributed by atoms with Gasteiger partial charge in [-0.05, 0) is 45.8 Å². The van der Waals surface area contributed by atoms with Crippen LogP contribution in [0, 0.1) is 7.43 Å². The second-order valence-electron chi connectivity index (χ2n) is 9.29. The van der Waals surface area contributed by atoms with Crippen LogP contribution in [0.3, 0.4) is 0 Å². The molecule has 4 heteroatoms. The largest absolute Gasteiger partial charge is 0.456 e. The summed E-state index contributed by atoms with van der Waals surface area (Å²) < 4.78 is 6.29. The Morgan fingerprint density at radius 3 is 1.97 bits per heavy atom. The highest BCUT2D eigenvalue weighted by Gasteiger charge is 2.13. The van der Waals surface area contributed by atoms with Crippen LogP contribution in [0.25, 0.3) is 76.9 Å². The van der Waals surface area contributed by atoms with Gasteiger partial charge < -0.3 is 11.8 Å². The van der Waals surface area contributed by atoms with E-state index in [4.69, 9.17) is 19.4 Å². The Hall–Kier alpha value is -5.09. The molecule has 0 amide bonds. The first-order chi connectivity index (χ1) is 18.3. The summed E-state index contributed by atoms with van der Waals surface area (Å²) in [6, 6.07) is 39.6. The van der Waals surface area contributed by atoms with E-state index >= 15 is 0 Å². The second kappa shape index (κ2) is 8.49. The average Bonchev–Trinajstić information content (AvgIpc) is 3.35. The Morgan fingerprint density at radius 2 is 1.13 bits per heavy atom. The van der Waals surface area contributed by atoms with Crippen molar-refractivity contribution >= 4 is 65.6 Å². The molecule has 4 nitrogen and oxygen atoms in total. The summed E-state index contributed by atoms with van der Waals surface area (Å²) in [5, 5.41) is 8.52. The molecule has 180 valence electrons. The molecule has 0 fully saturated rings. The first-order valence-electron chi connectivity index (χ1n) is 12.3. The maximum absolute atomic E-state index is 6.29. The lowest BCUT2D eigenvalue weighted by Crippen LogP contribution is -1.94. The predicted octanol–water partition coefficient (Wildman–Crippen LogP) is 9.06. The zero-order chi connectivity index (χ0) is 24.3. The highest BCUT2D eigenvalue weighted by molar-refractivity contribution is 6.19. The quantitative estimate of drug-likeness (QED) is 0.216. The summed E-state index contributed by atoms with van der Waals surface area (Å²) in [4.78, 5) is 14.9. The zero-order valence-electron chi connectivity index (χ0n) is 20.7. The van der Waals surface area contributed by atoms with Crippen LogP contribution in [0.4, 0.5) is 0 Å². The van der Waals surface area contributed by atoms with E-state index in [1.807, 2.05) is 42.5 Å². The molecule has 3 aromatic heterocycles. The van der Waals surface area contributed by atoms with Crippen molar-refractivity contribution in [3.63, 3.8) is 0 Å². The fourth-order valence-corrected chi connectivity index (χ4v) is 5.33. The van der Waals surface area contributed by atoms with Crippen molar-refractivity contribution < 1.29 is 4.42 Å². The summed E-state index contributed by atoms with van der Waals surface area (Å²) in [6.45, 7) is 0. The van der Waals surface area contributed by atoms with Gasteiger partial charge in [0.1, 0.15) is 11.2 Å². The Kier molecular flexibility index (Phi) is 4.95. The molecule has 5 aromatic carbocycles. The number of benzene rings is 5. The van der Waals surface area contributed by atoms with Gasteiger partial charge in [-0.3, -0.25) is 0 Å².